The summed E-state index contributed by atoms with van der Waals surface area (Å²) in [5.74, 6) is -2.58. The van der Waals surface area contributed by atoms with Crippen LogP contribution in [-0.4, -0.2) is 143 Å². The fourth-order valence-corrected chi connectivity index (χ4v) is 10.7. The van der Waals surface area contributed by atoms with E-state index in [4.69, 9.17) is 39.1 Å². The average molecular weight is 1160 g/mol. The van der Waals surface area contributed by atoms with Crippen molar-refractivity contribution in [2.75, 3.05) is 65.7 Å². The Bertz CT molecular complexity index is 2530. The van der Waals surface area contributed by atoms with Crippen molar-refractivity contribution in [3.8, 4) is 0 Å². The molecule has 24 heteroatoms. The molecule has 8 rings (SSSR count). The van der Waals surface area contributed by atoms with Gasteiger partial charge in [-0.3, -0.25) is 29.4 Å². The Morgan fingerprint density at radius 3 is 1.47 bits per heavy atom. The first kappa shape index (κ1) is 54.4. The van der Waals surface area contributed by atoms with Crippen molar-refractivity contribution < 1.29 is 57.1 Å². The van der Waals surface area contributed by atoms with Crippen molar-refractivity contribution in [1.29, 1.82) is 0 Å². The minimum Gasteiger partial charge on any atom is -0.481 e. The highest BCUT2D eigenvalue weighted by molar-refractivity contribution is 9.10. The van der Waals surface area contributed by atoms with E-state index < -0.39 is 47.6 Å². The number of nitrogens with one attached hydrogen (secondary N) is 2. The molecule has 4 aliphatic heterocycles. The summed E-state index contributed by atoms with van der Waals surface area (Å²) < 4.78 is 51.1. The molecule has 0 aliphatic carbocycles. The molecule has 4 aliphatic rings. The van der Waals surface area contributed by atoms with E-state index in [0.29, 0.717) is 130 Å². The van der Waals surface area contributed by atoms with E-state index in [1.54, 1.807) is 38.4 Å². The van der Waals surface area contributed by atoms with Crippen LogP contribution in [0.25, 0.3) is 0 Å². The summed E-state index contributed by atoms with van der Waals surface area (Å²) in [6.45, 7) is 7.72. The van der Waals surface area contributed by atoms with Gasteiger partial charge in [0.2, 0.25) is 0 Å². The second kappa shape index (κ2) is 26.0. The first-order valence-electron chi connectivity index (χ1n) is 23.0. The molecule has 0 radical (unpaired) electrons. The molecule has 0 unspecified atom stereocenters. The van der Waals surface area contributed by atoms with Crippen LogP contribution in [0.3, 0.4) is 0 Å². The molecule has 2 fully saturated rings. The number of carboxylic acid groups (broad SMARTS) is 2. The second-order valence-corrected chi connectivity index (χ2v) is 20.1. The summed E-state index contributed by atoms with van der Waals surface area (Å²) in [5, 5.41) is 29.6. The number of carbonyl (C=O) groups excluding carboxylic acids is 2. The van der Waals surface area contributed by atoms with Crippen molar-refractivity contribution in [2.45, 2.75) is 63.8 Å². The predicted molar refractivity (Wildman–Crippen MR) is 271 cm³/mol. The minimum atomic E-state index is -0.867. The second-order valence-electron chi connectivity index (χ2n) is 16.6. The Hall–Kier alpha value is -5.34. The maximum atomic E-state index is 13.9. The number of carboxylic acids is 2. The summed E-state index contributed by atoms with van der Waals surface area (Å²) in [6.07, 6.45) is 3.75. The Kier molecular flexibility index (Phi) is 19.7. The number of thiazole rings is 2. The Morgan fingerprint density at radius 2 is 1.12 bits per heavy atom. The van der Waals surface area contributed by atoms with Crippen molar-refractivity contribution in [2.24, 2.45) is 9.98 Å². The highest BCUT2D eigenvalue weighted by Crippen LogP contribution is 2.39. The van der Waals surface area contributed by atoms with Gasteiger partial charge in [0.05, 0.1) is 49.8 Å². The van der Waals surface area contributed by atoms with E-state index >= 15 is 0 Å². The van der Waals surface area contributed by atoms with Crippen LogP contribution in [0, 0.1) is 11.6 Å². The van der Waals surface area contributed by atoms with E-state index in [0.717, 1.165) is 0 Å². The Balaban J connectivity index is 0.000000211. The highest BCUT2D eigenvalue weighted by atomic mass is 79.9. The molecule has 384 valence electrons. The fraction of sp³-hybridized carbons (Fsp3) is 0.417. The van der Waals surface area contributed by atoms with E-state index in [1.807, 2.05) is 10.8 Å². The van der Waals surface area contributed by atoms with Crippen LogP contribution in [-0.2, 0) is 38.1 Å². The fourth-order valence-electron chi connectivity index (χ4n) is 8.35. The van der Waals surface area contributed by atoms with Gasteiger partial charge in [-0.2, -0.15) is 0 Å². The SMILES string of the molecule is CCOC(=O)C1=C(CN2CCO[C@@H](CCC(=O)O)C2)NC(c2nccs2)=N[C@H]1c1ccc(F)cc1Br.CCOC(=O)C1=C(CN2CCO[C@H](CCC(=O)O)C2)NC(c2nccs2)=N[C@H]1c1ccc(F)cc1Br. The standard InChI is InChI=1S/2C24H26BrFN4O5S/c2*1-2-34-24(33)20-18(13-30-8-9-35-15(12-30)4-6-19(31)32)28-22(23-27-7-10-36-23)29-21(20)16-5-3-14(26)11-17(16)25/h2*3,5,7,10-11,15,21H,2,4,6,8-9,12-13H2,1H3,(H,28,29)(H,31,32)/t15-,21+;15-,21-/m10/s1. The third-order valence-electron chi connectivity index (χ3n) is 11.6. The lowest BCUT2D eigenvalue weighted by Crippen LogP contribution is -2.46. The number of nitrogens with zero attached hydrogens (tertiary/aromatic N) is 6. The minimum absolute atomic E-state index is 0.0229. The van der Waals surface area contributed by atoms with E-state index in [9.17, 15) is 28.0 Å². The molecule has 0 spiro atoms. The molecule has 0 saturated carbocycles. The molecule has 4 N–H and O–H groups in total. The lowest BCUT2D eigenvalue weighted by atomic mass is 9.95. The van der Waals surface area contributed by atoms with Gasteiger partial charge in [-0.05, 0) is 62.1 Å². The quantitative estimate of drug-likeness (QED) is 0.0733. The van der Waals surface area contributed by atoms with Crippen LogP contribution < -0.4 is 10.6 Å². The first-order chi connectivity index (χ1) is 34.7. The summed E-state index contributed by atoms with van der Waals surface area (Å²) >= 11 is 9.67. The van der Waals surface area contributed by atoms with Crippen LogP contribution in [0.4, 0.5) is 8.78 Å². The van der Waals surface area contributed by atoms with Crippen molar-refractivity contribution in [3.05, 3.63) is 124 Å². The van der Waals surface area contributed by atoms with Crippen LogP contribution in [0.15, 0.2) is 101 Å². The number of hydrogen-bond donors (Lipinski definition) is 4. The van der Waals surface area contributed by atoms with Gasteiger partial charge in [0.1, 0.15) is 23.7 Å². The van der Waals surface area contributed by atoms with Crippen LogP contribution in [0.1, 0.15) is 72.8 Å². The smallest absolute Gasteiger partial charge is 0.338 e. The van der Waals surface area contributed by atoms with Gasteiger partial charge in [-0.25, -0.2) is 28.3 Å². The maximum absolute atomic E-state index is 13.9. The van der Waals surface area contributed by atoms with Gasteiger partial charge < -0.3 is 39.8 Å². The highest BCUT2D eigenvalue weighted by Gasteiger charge is 2.37. The predicted octanol–water partition coefficient (Wildman–Crippen LogP) is 7.04. The molecule has 2 aromatic heterocycles. The molecule has 2 aromatic carbocycles. The van der Waals surface area contributed by atoms with Crippen molar-refractivity contribution >= 4 is 90.1 Å². The molecule has 4 atom stereocenters. The summed E-state index contributed by atoms with van der Waals surface area (Å²) in [4.78, 5) is 71.1. The van der Waals surface area contributed by atoms with Gasteiger partial charge in [-0.1, -0.05) is 44.0 Å². The van der Waals surface area contributed by atoms with E-state index in [-0.39, 0.29) is 38.3 Å². The van der Waals surface area contributed by atoms with Crippen molar-refractivity contribution in [3.63, 3.8) is 0 Å². The van der Waals surface area contributed by atoms with Gasteiger partial charge >= 0.3 is 23.9 Å². The van der Waals surface area contributed by atoms with Crippen molar-refractivity contribution in [1.82, 2.24) is 30.4 Å². The molecular formula is C48H52Br2F2N8O10S2. The zero-order chi connectivity index (χ0) is 51.3. The zero-order valence-corrected chi connectivity index (χ0v) is 44.0. The largest absolute Gasteiger partial charge is 0.481 e. The molecule has 0 bridgehead atoms. The summed E-state index contributed by atoms with van der Waals surface area (Å²) in [6, 6.07) is 7.05. The number of esters is 2. The third-order valence-corrected chi connectivity index (χ3v) is 14.5. The number of amidine groups is 2. The Morgan fingerprint density at radius 1 is 0.708 bits per heavy atom. The molecule has 0 amide bonds. The number of ether oxygens (including phenoxy) is 4. The maximum Gasteiger partial charge on any atom is 0.338 e. The van der Waals surface area contributed by atoms with Gasteiger partial charge in [0.15, 0.2) is 21.7 Å². The van der Waals surface area contributed by atoms with E-state index in [1.165, 1.54) is 46.9 Å². The van der Waals surface area contributed by atoms with Gasteiger partial charge in [-0.15, -0.1) is 22.7 Å². The van der Waals surface area contributed by atoms with Gasteiger partial charge in [0.25, 0.3) is 0 Å². The topological polar surface area (TPSA) is 227 Å². The van der Waals surface area contributed by atoms with Crippen LogP contribution in [0.5, 0.6) is 0 Å². The van der Waals surface area contributed by atoms with Gasteiger partial charge in [0, 0.05) is 95.6 Å². The molecule has 4 aromatic rings. The summed E-state index contributed by atoms with van der Waals surface area (Å²) in [7, 11) is 0. The number of benzene rings is 2. The number of rotatable bonds is 18. The monoisotopic (exact) mass is 1160 g/mol. The normalized spacial score (nSPS) is 20.6. The molecular weight excluding hydrogens is 1110 g/mol. The lowest BCUT2D eigenvalue weighted by molar-refractivity contribution is -0.140. The number of morpholine rings is 2. The number of aliphatic carboxylic acids is 2. The number of hydrogen-bond acceptors (Lipinski definition) is 18. The lowest BCUT2D eigenvalue weighted by Gasteiger charge is -2.35. The zero-order valence-electron chi connectivity index (χ0n) is 39.2. The summed E-state index contributed by atoms with van der Waals surface area (Å²) in [5.41, 5.74) is 3.11. The first-order valence-corrected chi connectivity index (χ1v) is 26.4. The van der Waals surface area contributed by atoms with Crippen LogP contribution >= 0.6 is 54.5 Å². The van der Waals surface area contributed by atoms with E-state index in [2.05, 4.69) is 62.3 Å². The number of aliphatic imine (C=N–C) groups is 2. The molecule has 6 heterocycles. The third kappa shape index (κ3) is 14.5. The molecule has 72 heavy (non-hydrogen) atoms. The Labute approximate surface area is 438 Å². The number of aromatic nitrogens is 2. The average Bonchev–Trinajstić information content (AvgIpc) is 4.10. The number of halogens is 4. The van der Waals surface area contributed by atoms with Crippen LogP contribution in [0.2, 0.25) is 0 Å². The molecule has 2 saturated heterocycles. The molecule has 18 nitrogen and oxygen atoms in total. The number of carbonyl (C=O) groups is 4.